The van der Waals surface area contributed by atoms with Crippen molar-refractivity contribution in [2.45, 2.75) is 45.6 Å². The van der Waals surface area contributed by atoms with Gasteiger partial charge in [0.15, 0.2) is 0 Å². The van der Waals surface area contributed by atoms with Crippen molar-refractivity contribution in [3.63, 3.8) is 0 Å². The third-order valence-corrected chi connectivity index (χ3v) is 3.55. The second kappa shape index (κ2) is 9.78. The van der Waals surface area contributed by atoms with E-state index in [1.54, 1.807) is 7.11 Å². The van der Waals surface area contributed by atoms with Gasteiger partial charge in [-0.15, -0.1) is 0 Å². The van der Waals surface area contributed by atoms with Crippen LogP contribution in [0.2, 0.25) is 0 Å². The minimum absolute atomic E-state index is 0.303. The zero-order valence-corrected chi connectivity index (χ0v) is 13.0. The summed E-state index contributed by atoms with van der Waals surface area (Å²) in [6, 6.07) is 7.78. The summed E-state index contributed by atoms with van der Waals surface area (Å²) in [5.74, 6) is 1.08. The van der Waals surface area contributed by atoms with Crippen molar-refractivity contribution < 1.29 is 14.6 Å². The van der Waals surface area contributed by atoms with Crippen LogP contribution in [0.15, 0.2) is 24.3 Å². The number of methoxy groups -OCH3 is 1. The molecule has 20 heavy (non-hydrogen) atoms. The number of aliphatic hydroxyl groups excluding tert-OH is 1. The van der Waals surface area contributed by atoms with E-state index in [9.17, 15) is 5.11 Å². The Morgan fingerprint density at radius 2 is 1.70 bits per heavy atom. The topological polar surface area (TPSA) is 38.7 Å². The first kappa shape index (κ1) is 17.0. The largest absolute Gasteiger partial charge is 0.491 e. The van der Waals surface area contributed by atoms with Crippen LogP contribution in [0.5, 0.6) is 5.75 Å². The number of rotatable bonds is 10. The van der Waals surface area contributed by atoms with E-state index < -0.39 is 6.10 Å². The Labute approximate surface area is 122 Å². The summed E-state index contributed by atoms with van der Waals surface area (Å²) in [5, 5.41) is 10.7. The Hall–Kier alpha value is -1.06. The molecule has 1 atom stereocenters. The third kappa shape index (κ3) is 5.14. The zero-order chi connectivity index (χ0) is 14.8. The van der Waals surface area contributed by atoms with Crippen LogP contribution in [0.25, 0.3) is 0 Å². The van der Waals surface area contributed by atoms with Crippen molar-refractivity contribution in [1.82, 2.24) is 0 Å². The predicted octanol–water partition coefficient (Wildman–Crippen LogP) is 3.96. The molecule has 114 valence electrons. The molecule has 0 saturated carbocycles. The normalized spacial score (nSPS) is 12.7. The molecule has 0 bridgehead atoms. The molecular weight excluding hydrogens is 252 g/mol. The number of ether oxygens (including phenoxy) is 2. The van der Waals surface area contributed by atoms with Crippen LogP contribution >= 0.6 is 0 Å². The number of para-hydroxylation sites is 1. The minimum atomic E-state index is -0.450. The Balaban J connectivity index is 2.81. The molecule has 1 aromatic carbocycles. The molecule has 0 aliphatic heterocycles. The first-order valence-electron chi connectivity index (χ1n) is 7.63. The van der Waals surface area contributed by atoms with Crippen LogP contribution in [0, 0.1) is 5.92 Å². The highest BCUT2D eigenvalue weighted by molar-refractivity contribution is 5.35. The van der Waals surface area contributed by atoms with E-state index in [-0.39, 0.29) is 0 Å². The monoisotopic (exact) mass is 280 g/mol. The number of hydrogen-bond donors (Lipinski definition) is 1. The van der Waals surface area contributed by atoms with Gasteiger partial charge in [-0.1, -0.05) is 44.9 Å². The van der Waals surface area contributed by atoms with Gasteiger partial charge in [0.1, 0.15) is 12.4 Å². The molecule has 0 aliphatic rings. The van der Waals surface area contributed by atoms with Gasteiger partial charge < -0.3 is 14.6 Å². The summed E-state index contributed by atoms with van der Waals surface area (Å²) in [6.45, 7) is 5.39. The Morgan fingerprint density at radius 3 is 2.30 bits per heavy atom. The standard InChI is InChI=1S/C17H28O3/c1-4-8-14(9-5-2)17(18)15-10-6-7-11-16(15)20-13-12-19-3/h6-7,10-11,14,17-18H,4-5,8-9,12-13H2,1-3H3. The number of hydrogen-bond acceptors (Lipinski definition) is 3. The van der Waals surface area contributed by atoms with Crippen molar-refractivity contribution in [3.8, 4) is 5.75 Å². The molecule has 1 rings (SSSR count). The fourth-order valence-corrected chi connectivity index (χ4v) is 2.55. The lowest BCUT2D eigenvalue weighted by Crippen LogP contribution is -2.15. The van der Waals surface area contributed by atoms with Crippen molar-refractivity contribution in [2.75, 3.05) is 20.3 Å². The Kier molecular flexibility index (Phi) is 8.31. The molecular formula is C17H28O3. The summed E-state index contributed by atoms with van der Waals surface area (Å²) >= 11 is 0. The van der Waals surface area contributed by atoms with E-state index in [4.69, 9.17) is 9.47 Å². The zero-order valence-electron chi connectivity index (χ0n) is 13.0. The molecule has 1 N–H and O–H groups in total. The average molecular weight is 280 g/mol. The van der Waals surface area contributed by atoms with Crippen molar-refractivity contribution in [2.24, 2.45) is 5.92 Å². The van der Waals surface area contributed by atoms with E-state index in [0.29, 0.717) is 19.1 Å². The van der Waals surface area contributed by atoms with Crippen molar-refractivity contribution in [1.29, 1.82) is 0 Å². The summed E-state index contributed by atoms with van der Waals surface area (Å²) in [7, 11) is 1.66. The quantitative estimate of drug-likeness (QED) is 0.659. The second-order valence-electron chi connectivity index (χ2n) is 5.16. The molecule has 0 amide bonds. The van der Waals surface area contributed by atoms with Crippen LogP contribution in [-0.2, 0) is 4.74 Å². The SMILES string of the molecule is CCCC(CCC)C(O)c1ccccc1OCCOC. The lowest BCUT2D eigenvalue weighted by molar-refractivity contribution is 0.0903. The Bertz CT molecular complexity index is 359. The van der Waals surface area contributed by atoms with Gasteiger partial charge >= 0.3 is 0 Å². The first-order chi connectivity index (χ1) is 9.74. The minimum Gasteiger partial charge on any atom is -0.491 e. The maximum absolute atomic E-state index is 10.7. The fraction of sp³-hybridized carbons (Fsp3) is 0.647. The lowest BCUT2D eigenvalue weighted by Gasteiger charge is -2.24. The highest BCUT2D eigenvalue weighted by atomic mass is 16.5. The summed E-state index contributed by atoms with van der Waals surface area (Å²) in [5.41, 5.74) is 0.899. The van der Waals surface area contributed by atoms with Crippen LogP contribution in [-0.4, -0.2) is 25.4 Å². The summed E-state index contributed by atoms with van der Waals surface area (Å²) in [6.07, 6.45) is 3.82. The van der Waals surface area contributed by atoms with E-state index >= 15 is 0 Å². The van der Waals surface area contributed by atoms with E-state index in [0.717, 1.165) is 37.0 Å². The molecule has 1 aromatic rings. The molecule has 0 heterocycles. The van der Waals surface area contributed by atoms with Gasteiger partial charge in [0, 0.05) is 12.7 Å². The average Bonchev–Trinajstić information content (AvgIpc) is 2.47. The third-order valence-electron chi connectivity index (χ3n) is 3.55. The maximum atomic E-state index is 10.7. The molecule has 0 aliphatic carbocycles. The number of aliphatic hydroxyl groups is 1. The van der Waals surface area contributed by atoms with Gasteiger partial charge in [0.05, 0.1) is 12.7 Å². The molecule has 0 spiro atoms. The summed E-state index contributed by atoms with van der Waals surface area (Å²) < 4.78 is 10.7. The van der Waals surface area contributed by atoms with Crippen LogP contribution in [0.4, 0.5) is 0 Å². The smallest absolute Gasteiger partial charge is 0.125 e. The molecule has 0 radical (unpaired) electrons. The van der Waals surface area contributed by atoms with Gasteiger partial charge in [-0.05, 0) is 24.8 Å². The highest BCUT2D eigenvalue weighted by Crippen LogP contribution is 2.34. The van der Waals surface area contributed by atoms with Gasteiger partial charge in [-0.2, -0.15) is 0 Å². The second-order valence-corrected chi connectivity index (χ2v) is 5.16. The van der Waals surface area contributed by atoms with Crippen LogP contribution < -0.4 is 4.74 Å². The lowest BCUT2D eigenvalue weighted by atomic mass is 9.88. The van der Waals surface area contributed by atoms with Gasteiger partial charge in [0.2, 0.25) is 0 Å². The van der Waals surface area contributed by atoms with Gasteiger partial charge in [-0.25, -0.2) is 0 Å². The van der Waals surface area contributed by atoms with Crippen molar-refractivity contribution >= 4 is 0 Å². The Morgan fingerprint density at radius 1 is 1.05 bits per heavy atom. The van der Waals surface area contributed by atoms with E-state index in [2.05, 4.69) is 13.8 Å². The van der Waals surface area contributed by atoms with Crippen LogP contribution in [0.3, 0.4) is 0 Å². The first-order valence-corrected chi connectivity index (χ1v) is 7.63. The summed E-state index contributed by atoms with van der Waals surface area (Å²) in [4.78, 5) is 0. The molecule has 0 fully saturated rings. The maximum Gasteiger partial charge on any atom is 0.125 e. The van der Waals surface area contributed by atoms with Crippen molar-refractivity contribution in [3.05, 3.63) is 29.8 Å². The fourth-order valence-electron chi connectivity index (χ4n) is 2.55. The van der Waals surface area contributed by atoms with Gasteiger partial charge in [-0.3, -0.25) is 0 Å². The highest BCUT2D eigenvalue weighted by Gasteiger charge is 2.22. The molecule has 3 nitrogen and oxygen atoms in total. The molecule has 0 saturated heterocycles. The van der Waals surface area contributed by atoms with E-state index in [1.165, 1.54) is 0 Å². The molecule has 1 unspecified atom stereocenters. The van der Waals surface area contributed by atoms with Gasteiger partial charge in [0.25, 0.3) is 0 Å². The van der Waals surface area contributed by atoms with E-state index in [1.807, 2.05) is 24.3 Å². The molecule has 3 heteroatoms. The molecule has 0 aromatic heterocycles. The predicted molar refractivity (Wildman–Crippen MR) is 82.1 cm³/mol. The number of benzene rings is 1. The van der Waals surface area contributed by atoms with Crippen LogP contribution in [0.1, 0.15) is 51.2 Å².